The van der Waals surface area contributed by atoms with Crippen molar-refractivity contribution >= 4 is 5.78 Å². The average molecular weight is 375 g/mol. The van der Waals surface area contributed by atoms with Gasteiger partial charge in [0.1, 0.15) is 17.5 Å². The standard InChI is InChI=1S/C21H20F3NO2/c22-15-8-18(23)20(19(24)9-15)21(26)14-6-16-11-27-12-17(7-14)25(16)10-13-4-2-1-3-5-13/h1-5,8-9,14,16-17H,6-7,10-12H2. The van der Waals surface area contributed by atoms with Crippen molar-refractivity contribution < 1.29 is 22.7 Å². The molecule has 2 atom stereocenters. The molecule has 2 aromatic carbocycles. The van der Waals surface area contributed by atoms with Crippen LogP contribution in [-0.2, 0) is 11.3 Å². The van der Waals surface area contributed by atoms with E-state index in [0.29, 0.717) is 38.2 Å². The van der Waals surface area contributed by atoms with E-state index in [9.17, 15) is 18.0 Å². The fourth-order valence-corrected chi connectivity index (χ4v) is 4.24. The summed E-state index contributed by atoms with van der Waals surface area (Å²) in [5, 5.41) is 0. The zero-order chi connectivity index (χ0) is 19.0. The van der Waals surface area contributed by atoms with Crippen LogP contribution in [0.4, 0.5) is 13.2 Å². The highest BCUT2D eigenvalue weighted by atomic mass is 19.1. The van der Waals surface area contributed by atoms with Gasteiger partial charge < -0.3 is 4.74 Å². The lowest BCUT2D eigenvalue weighted by Crippen LogP contribution is -2.57. The molecule has 2 aliphatic rings. The van der Waals surface area contributed by atoms with Crippen molar-refractivity contribution in [1.29, 1.82) is 0 Å². The highest BCUT2D eigenvalue weighted by Gasteiger charge is 2.42. The number of rotatable bonds is 4. The summed E-state index contributed by atoms with van der Waals surface area (Å²) in [6, 6.07) is 11.2. The maximum Gasteiger partial charge on any atom is 0.171 e. The second kappa shape index (κ2) is 7.44. The first kappa shape index (κ1) is 18.2. The summed E-state index contributed by atoms with van der Waals surface area (Å²) in [7, 11) is 0. The first-order valence-electron chi connectivity index (χ1n) is 9.09. The van der Waals surface area contributed by atoms with Crippen LogP contribution in [0.25, 0.3) is 0 Å². The fourth-order valence-electron chi connectivity index (χ4n) is 4.24. The molecular formula is C21H20F3NO2. The molecule has 3 nitrogen and oxygen atoms in total. The van der Waals surface area contributed by atoms with Gasteiger partial charge in [0.2, 0.25) is 0 Å². The van der Waals surface area contributed by atoms with Crippen LogP contribution in [0.15, 0.2) is 42.5 Å². The van der Waals surface area contributed by atoms with E-state index in [-0.39, 0.29) is 12.1 Å². The van der Waals surface area contributed by atoms with Gasteiger partial charge in [-0.05, 0) is 18.4 Å². The predicted octanol–water partition coefficient (Wildman–Crippen LogP) is 3.97. The van der Waals surface area contributed by atoms with Crippen LogP contribution >= 0.6 is 0 Å². The smallest absolute Gasteiger partial charge is 0.171 e. The highest BCUT2D eigenvalue weighted by molar-refractivity contribution is 5.98. The largest absolute Gasteiger partial charge is 0.378 e. The lowest BCUT2D eigenvalue weighted by molar-refractivity contribution is -0.0873. The van der Waals surface area contributed by atoms with E-state index in [0.717, 1.165) is 6.54 Å². The third-order valence-corrected chi connectivity index (χ3v) is 5.50. The van der Waals surface area contributed by atoms with E-state index in [1.165, 1.54) is 5.56 Å². The van der Waals surface area contributed by atoms with Gasteiger partial charge in [-0.2, -0.15) is 0 Å². The number of nitrogens with zero attached hydrogens (tertiary/aromatic N) is 1. The van der Waals surface area contributed by atoms with Gasteiger partial charge in [0, 0.05) is 36.7 Å². The molecule has 0 spiro atoms. The van der Waals surface area contributed by atoms with E-state index in [1.54, 1.807) is 0 Å². The molecule has 2 heterocycles. The number of Topliss-reactive ketones (excluding diaryl/α,β-unsaturated/α-hetero) is 1. The van der Waals surface area contributed by atoms with Crippen LogP contribution < -0.4 is 0 Å². The predicted molar refractivity (Wildman–Crippen MR) is 93.8 cm³/mol. The number of piperidine rings is 1. The van der Waals surface area contributed by atoms with E-state index >= 15 is 0 Å². The molecule has 2 aromatic rings. The SMILES string of the molecule is O=C(c1c(F)cc(F)cc1F)C1CC2COCC(C1)N2Cc1ccccc1. The third-order valence-electron chi connectivity index (χ3n) is 5.50. The summed E-state index contributed by atoms with van der Waals surface area (Å²) >= 11 is 0. The molecule has 2 fully saturated rings. The Morgan fingerprint density at radius 2 is 1.59 bits per heavy atom. The zero-order valence-electron chi connectivity index (χ0n) is 14.7. The molecule has 2 aliphatic heterocycles. The highest BCUT2D eigenvalue weighted by Crippen LogP contribution is 2.35. The van der Waals surface area contributed by atoms with Gasteiger partial charge in [-0.3, -0.25) is 9.69 Å². The number of benzene rings is 2. The first-order valence-corrected chi connectivity index (χ1v) is 9.09. The van der Waals surface area contributed by atoms with Crippen LogP contribution in [0.3, 0.4) is 0 Å². The average Bonchev–Trinajstić information content (AvgIpc) is 2.61. The van der Waals surface area contributed by atoms with Gasteiger partial charge in [-0.15, -0.1) is 0 Å². The third kappa shape index (κ3) is 3.64. The summed E-state index contributed by atoms with van der Waals surface area (Å²) in [5.41, 5.74) is 0.548. The normalized spacial score (nSPS) is 25.4. The Labute approximate surface area is 155 Å². The Morgan fingerprint density at radius 3 is 2.19 bits per heavy atom. The maximum absolute atomic E-state index is 14.0. The van der Waals surface area contributed by atoms with Crippen LogP contribution in [0.2, 0.25) is 0 Å². The molecule has 2 unspecified atom stereocenters. The van der Waals surface area contributed by atoms with Crippen molar-refractivity contribution in [3.8, 4) is 0 Å². The van der Waals surface area contributed by atoms with Gasteiger partial charge in [-0.1, -0.05) is 30.3 Å². The number of ether oxygens (including phenoxy) is 1. The number of carbonyl (C=O) groups is 1. The second-order valence-corrected chi connectivity index (χ2v) is 7.28. The summed E-state index contributed by atoms with van der Waals surface area (Å²) in [6.07, 6.45) is 0.941. The number of halogens is 3. The molecular weight excluding hydrogens is 355 g/mol. The van der Waals surface area contributed by atoms with E-state index in [2.05, 4.69) is 17.0 Å². The van der Waals surface area contributed by atoms with Crippen LogP contribution in [-0.4, -0.2) is 36.0 Å². The monoisotopic (exact) mass is 375 g/mol. The topological polar surface area (TPSA) is 29.5 Å². The number of carbonyl (C=O) groups excluding carboxylic acids is 1. The van der Waals surface area contributed by atoms with E-state index in [1.807, 2.05) is 18.2 Å². The van der Waals surface area contributed by atoms with Gasteiger partial charge in [0.05, 0.1) is 18.8 Å². The molecule has 6 heteroatoms. The first-order chi connectivity index (χ1) is 13.0. The Kier molecular flexibility index (Phi) is 5.02. The van der Waals surface area contributed by atoms with Crippen molar-refractivity contribution in [1.82, 2.24) is 4.90 Å². The minimum absolute atomic E-state index is 0.0122. The molecule has 0 saturated carbocycles. The maximum atomic E-state index is 14.0. The molecule has 4 rings (SSSR count). The Morgan fingerprint density at radius 1 is 1.00 bits per heavy atom. The molecule has 142 valence electrons. The number of ketones is 1. The molecule has 0 aliphatic carbocycles. The summed E-state index contributed by atoms with van der Waals surface area (Å²) in [6.45, 7) is 1.72. The fraction of sp³-hybridized carbons (Fsp3) is 0.381. The number of hydrogen-bond acceptors (Lipinski definition) is 3. The second-order valence-electron chi connectivity index (χ2n) is 7.28. The number of hydrogen-bond donors (Lipinski definition) is 0. The molecule has 0 aromatic heterocycles. The van der Waals surface area contributed by atoms with Crippen LogP contribution in [0, 0.1) is 23.4 Å². The van der Waals surface area contributed by atoms with Gasteiger partial charge in [0.25, 0.3) is 0 Å². The lowest BCUT2D eigenvalue weighted by Gasteiger charge is -2.48. The summed E-state index contributed by atoms with van der Waals surface area (Å²) in [5.74, 6) is -4.37. The molecule has 0 N–H and O–H groups in total. The summed E-state index contributed by atoms with van der Waals surface area (Å²) < 4.78 is 46.9. The number of fused-ring (bicyclic) bond motifs is 2. The molecule has 0 radical (unpaired) electrons. The quantitative estimate of drug-likeness (QED) is 0.758. The molecule has 0 amide bonds. The minimum Gasteiger partial charge on any atom is -0.378 e. The van der Waals surface area contributed by atoms with Crippen molar-refractivity contribution in [3.05, 3.63) is 71.0 Å². The zero-order valence-corrected chi connectivity index (χ0v) is 14.7. The molecule has 2 bridgehead atoms. The Hall–Kier alpha value is -2.18. The van der Waals surface area contributed by atoms with Crippen molar-refractivity contribution in [3.63, 3.8) is 0 Å². The molecule has 27 heavy (non-hydrogen) atoms. The van der Waals surface area contributed by atoms with Crippen molar-refractivity contribution in [2.75, 3.05) is 13.2 Å². The van der Waals surface area contributed by atoms with Crippen molar-refractivity contribution in [2.24, 2.45) is 5.92 Å². The van der Waals surface area contributed by atoms with Crippen LogP contribution in [0.5, 0.6) is 0 Å². The minimum atomic E-state index is -1.13. The lowest BCUT2D eigenvalue weighted by atomic mass is 9.80. The van der Waals surface area contributed by atoms with Gasteiger partial charge in [-0.25, -0.2) is 13.2 Å². The Bertz CT molecular complexity index is 806. The van der Waals surface area contributed by atoms with Crippen LogP contribution in [0.1, 0.15) is 28.8 Å². The summed E-state index contributed by atoms with van der Waals surface area (Å²) in [4.78, 5) is 15.1. The molecule has 2 saturated heterocycles. The number of morpholine rings is 1. The van der Waals surface area contributed by atoms with Crippen molar-refractivity contribution in [2.45, 2.75) is 31.5 Å². The van der Waals surface area contributed by atoms with E-state index in [4.69, 9.17) is 4.74 Å². The van der Waals surface area contributed by atoms with E-state index < -0.39 is 34.7 Å². The van der Waals surface area contributed by atoms with Gasteiger partial charge >= 0.3 is 0 Å². The van der Waals surface area contributed by atoms with Gasteiger partial charge in [0.15, 0.2) is 5.78 Å². The Balaban J connectivity index is 1.54.